The largest absolute Gasteiger partial charge is 0.484 e. The van der Waals surface area contributed by atoms with Crippen LogP contribution in [0.25, 0.3) is 6.08 Å². The molecule has 1 aliphatic rings. The number of thioether (sulfide) groups is 1. The summed E-state index contributed by atoms with van der Waals surface area (Å²) < 4.78 is 6.05. The number of hydrogen-bond acceptors (Lipinski definition) is 5. The quantitative estimate of drug-likeness (QED) is 0.309. The van der Waals surface area contributed by atoms with Crippen molar-refractivity contribution in [1.82, 2.24) is 0 Å². The Balaban J connectivity index is 1.37. The van der Waals surface area contributed by atoms with Crippen molar-refractivity contribution in [3.05, 3.63) is 93.3 Å². The van der Waals surface area contributed by atoms with Crippen LogP contribution in [-0.2, 0) is 9.59 Å². The third kappa shape index (κ3) is 5.67. The summed E-state index contributed by atoms with van der Waals surface area (Å²) in [5, 5.41) is 3.37. The summed E-state index contributed by atoms with van der Waals surface area (Å²) in [5.74, 6) is 0.122. The summed E-state index contributed by atoms with van der Waals surface area (Å²) in [7, 11) is 0. The normalized spacial score (nSPS) is 14.6. The van der Waals surface area contributed by atoms with E-state index in [1.807, 2.05) is 44.2 Å². The highest BCUT2D eigenvalue weighted by Crippen LogP contribution is 2.36. The zero-order chi connectivity index (χ0) is 24.2. The summed E-state index contributed by atoms with van der Waals surface area (Å²) in [5.41, 5.74) is 4.47. The highest BCUT2D eigenvalue weighted by molar-refractivity contribution is 8.27. The first kappa shape index (κ1) is 24.0. The summed E-state index contributed by atoms with van der Waals surface area (Å²) in [6.07, 6.45) is 1.78. The van der Waals surface area contributed by atoms with Gasteiger partial charge in [0.1, 0.15) is 5.75 Å². The molecule has 0 aromatic heterocycles. The van der Waals surface area contributed by atoms with Crippen LogP contribution in [0.3, 0.4) is 0 Å². The molecule has 1 N–H and O–H groups in total. The van der Waals surface area contributed by atoms with Crippen LogP contribution in [-0.4, -0.2) is 22.7 Å². The Hall–Kier alpha value is -3.13. The second kappa shape index (κ2) is 10.4. The van der Waals surface area contributed by atoms with Gasteiger partial charge in [-0.1, -0.05) is 59.8 Å². The number of anilines is 2. The lowest BCUT2D eigenvalue weighted by Crippen LogP contribution is -2.27. The van der Waals surface area contributed by atoms with Crippen molar-refractivity contribution in [3.8, 4) is 5.75 Å². The van der Waals surface area contributed by atoms with E-state index in [1.165, 1.54) is 22.2 Å². The van der Waals surface area contributed by atoms with E-state index in [-0.39, 0.29) is 18.4 Å². The van der Waals surface area contributed by atoms with Crippen molar-refractivity contribution in [2.45, 2.75) is 13.8 Å². The number of carbonyl (C=O) groups excluding carboxylic acids is 2. The highest BCUT2D eigenvalue weighted by Gasteiger charge is 2.33. The van der Waals surface area contributed by atoms with Gasteiger partial charge < -0.3 is 10.1 Å². The highest BCUT2D eigenvalue weighted by atomic mass is 35.5. The average Bonchev–Trinajstić information content (AvgIpc) is 3.08. The number of rotatable bonds is 6. The van der Waals surface area contributed by atoms with Gasteiger partial charge in [0.05, 0.1) is 10.6 Å². The maximum atomic E-state index is 12.9. The minimum atomic E-state index is -0.239. The van der Waals surface area contributed by atoms with Crippen molar-refractivity contribution < 1.29 is 14.3 Å². The molecule has 0 saturated carbocycles. The number of amides is 2. The first-order chi connectivity index (χ1) is 16.3. The molecule has 5 nitrogen and oxygen atoms in total. The van der Waals surface area contributed by atoms with Gasteiger partial charge in [0.25, 0.3) is 11.8 Å². The van der Waals surface area contributed by atoms with Crippen molar-refractivity contribution >= 4 is 69.2 Å². The number of thiocarbonyl (C=S) groups is 1. The van der Waals surface area contributed by atoms with Crippen LogP contribution >= 0.6 is 35.6 Å². The third-order valence-electron chi connectivity index (χ3n) is 5.20. The van der Waals surface area contributed by atoms with Gasteiger partial charge in [0.2, 0.25) is 0 Å². The Bertz CT molecular complexity index is 1310. The molecule has 34 heavy (non-hydrogen) atoms. The van der Waals surface area contributed by atoms with E-state index in [0.29, 0.717) is 25.7 Å². The van der Waals surface area contributed by atoms with Gasteiger partial charge in [-0.3, -0.25) is 14.5 Å². The molecule has 8 heteroatoms. The Morgan fingerprint density at radius 2 is 1.85 bits per heavy atom. The minimum Gasteiger partial charge on any atom is -0.484 e. The van der Waals surface area contributed by atoms with Gasteiger partial charge in [-0.2, -0.15) is 0 Å². The second-order valence-electron chi connectivity index (χ2n) is 7.70. The van der Waals surface area contributed by atoms with Crippen LogP contribution in [0.15, 0.2) is 71.6 Å². The van der Waals surface area contributed by atoms with Crippen LogP contribution in [0.2, 0.25) is 5.02 Å². The van der Waals surface area contributed by atoms with Gasteiger partial charge >= 0.3 is 0 Å². The number of ether oxygens (including phenoxy) is 1. The molecule has 4 rings (SSSR count). The number of nitrogens with one attached hydrogen (secondary N) is 1. The lowest BCUT2D eigenvalue weighted by Gasteiger charge is -2.14. The van der Waals surface area contributed by atoms with Gasteiger partial charge in [-0.15, -0.1) is 0 Å². The monoisotopic (exact) mass is 508 g/mol. The standard InChI is InChI=1S/C26H21ClN2O3S2/c1-16-6-9-20(12-17(16)2)28-24(30)15-32-22-10-7-18(8-11-22)13-23-25(31)29(26(33)34-23)21-5-3-4-19(27)14-21/h3-14H,15H2,1-2H3,(H,28,30)/b23-13+. The first-order valence-electron chi connectivity index (χ1n) is 10.4. The van der Waals surface area contributed by atoms with E-state index < -0.39 is 0 Å². The molecule has 0 bridgehead atoms. The molecule has 0 atom stereocenters. The van der Waals surface area contributed by atoms with E-state index in [9.17, 15) is 9.59 Å². The molecule has 3 aromatic carbocycles. The Morgan fingerprint density at radius 3 is 2.56 bits per heavy atom. The number of hydrogen-bond donors (Lipinski definition) is 1. The molecular formula is C26H21ClN2O3S2. The molecule has 172 valence electrons. The molecule has 1 saturated heterocycles. The maximum absolute atomic E-state index is 12.9. The van der Waals surface area contributed by atoms with E-state index >= 15 is 0 Å². The van der Waals surface area contributed by atoms with Gasteiger partial charge in [0, 0.05) is 10.7 Å². The topological polar surface area (TPSA) is 58.6 Å². The molecule has 1 heterocycles. The predicted molar refractivity (Wildman–Crippen MR) is 144 cm³/mol. The lowest BCUT2D eigenvalue weighted by atomic mass is 10.1. The molecule has 3 aromatic rings. The van der Waals surface area contributed by atoms with Crippen LogP contribution in [0, 0.1) is 13.8 Å². The molecule has 0 aliphatic carbocycles. The number of aryl methyl sites for hydroxylation is 2. The summed E-state index contributed by atoms with van der Waals surface area (Å²) in [6.45, 7) is 3.91. The van der Waals surface area contributed by atoms with Crippen LogP contribution in [0.4, 0.5) is 11.4 Å². The third-order valence-corrected chi connectivity index (χ3v) is 6.74. The predicted octanol–water partition coefficient (Wildman–Crippen LogP) is 6.38. The zero-order valence-electron chi connectivity index (χ0n) is 18.5. The molecule has 1 aliphatic heterocycles. The minimum absolute atomic E-state index is 0.107. The fourth-order valence-electron chi connectivity index (χ4n) is 3.28. The number of halogens is 1. The number of carbonyl (C=O) groups is 2. The molecule has 0 unspecified atom stereocenters. The van der Waals surface area contributed by atoms with Gasteiger partial charge in [0.15, 0.2) is 10.9 Å². The summed E-state index contributed by atoms with van der Waals surface area (Å²) in [4.78, 5) is 27.1. The van der Waals surface area contributed by atoms with Crippen molar-refractivity contribution in [3.63, 3.8) is 0 Å². The van der Waals surface area contributed by atoms with Crippen molar-refractivity contribution in [2.24, 2.45) is 0 Å². The molecule has 0 spiro atoms. The zero-order valence-corrected chi connectivity index (χ0v) is 20.9. The first-order valence-corrected chi connectivity index (χ1v) is 12.0. The van der Waals surface area contributed by atoms with E-state index in [4.69, 9.17) is 28.6 Å². The maximum Gasteiger partial charge on any atom is 0.270 e. The molecule has 2 amide bonds. The number of nitrogens with zero attached hydrogens (tertiary/aromatic N) is 1. The summed E-state index contributed by atoms with van der Waals surface area (Å²) in [6, 6.07) is 19.9. The van der Waals surface area contributed by atoms with Gasteiger partial charge in [-0.25, -0.2) is 0 Å². The van der Waals surface area contributed by atoms with E-state index in [2.05, 4.69) is 5.32 Å². The fraction of sp³-hybridized carbons (Fsp3) is 0.115. The lowest BCUT2D eigenvalue weighted by molar-refractivity contribution is -0.118. The Kier molecular flexibility index (Phi) is 7.36. The van der Waals surface area contributed by atoms with Crippen LogP contribution in [0.1, 0.15) is 16.7 Å². The van der Waals surface area contributed by atoms with Crippen LogP contribution in [0.5, 0.6) is 5.75 Å². The van der Waals surface area contributed by atoms with Crippen molar-refractivity contribution in [2.75, 3.05) is 16.8 Å². The van der Waals surface area contributed by atoms with Gasteiger partial charge in [-0.05, 0) is 79.1 Å². The molecule has 1 fully saturated rings. The molecule has 0 radical (unpaired) electrons. The summed E-state index contributed by atoms with van der Waals surface area (Å²) >= 11 is 12.7. The fourth-order valence-corrected chi connectivity index (χ4v) is 4.77. The van der Waals surface area contributed by atoms with E-state index in [0.717, 1.165) is 16.8 Å². The SMILES string of the molecule is Cc1ccc(NC(=O)COc2ccc(/C=C3/SC(=S)N(c4cccc(Cl)c4)C3=O)cc2)cc1C. The molecular weight excluding hydrogens is 488 g/mol. The Labute approximate surface area is 212 Å². The smallest absolute Gasteiger partial charge is 0.270 e. The Morgan fingerprint density at radius 1 is 1.09 bits per heavy atom. The van der Waals surface area contributed by atoms with Crippen LogP contribution < -0.4 is 15.0 Å². The van der Waals surface area contributed by atoms with Crippen molar-refractivity contribution in [1.29, 1.82) is 0 Å². The average molecular weight is 509 g/mol. The second-order valence-corrected chi connectivity index (χ2v) is 9.81. The van der Waals surface area contributed by atoms with E-state index in [1.54, 1.807) is 42.5 Å². The number of benzene rings is 3.